The molecule has 2 aliphatic rings. The molecule has 1 N–H and O–H groups in total. The molecule has 2 bridgehead atoms. The van der Waals surface area contributed by atoms with Crippen LogP contribution < -0.4 is 10.1 Å². The van der Waals surface area contributed by atoms with Gasteiger partial charge in [0.25, 0.3) is 11.8 Å². The standard InChI is InChI=1S/C27H36N4O4/c1-29(2)9-10-30-11-13-31(14-12-30)27(33)23-6-7-25-24(20-23)19-21-4-3-5-22(18-21)26(32)28-8-15-34-16-17-35-25/h3-7,18,20H,8-17,19H2,1-2H3,(H,28,32). The third-order valence-corrected chi connectivity index (χ3v) is 6.43. The van der Waals surface area contributed by atoms with Crippen molar-refractivity contribution in [2.45, 2.75) is 6.42 Å². The molecule has 0 aliphatic carbocycles. The number of fused-ring (bicyclic) bond motifs is 3. The monoisotopic (exact) mass is 480 g/mol. The van der Waals surface area contributed by atoms with E-state index in [1.165, 1.54) is 0 Å². The molecule has 2 heterocycles. The molecule has 0 saturated carbocycles. The van der Waals surface area contributed by atoms with Crippen LogP contribution in [-0.2, 0) is 11.2 Å². The molecule has 0 atom stereocenters. The van der Waals surface area contributed by atoms with Gasteiger partial charge < -0.3 is 24.6 Å². The van der Waals surface area contributed by atoms with Crippen molar-refractivity contribution in [2.75, 3.05) is 79.7 Å². The molecule has 35 heavy (non-hydrogen) atoms. The van der Waals surface area contributed by atoms with Gasteiger partial charge in [-0.25, -0.2) is 0 Å². The average Bonchev–Trinajstić information content (AvgIpc) is 2.87. The van der Waals surface area contributed by atoms with Gasteiger partial charge in [0, 0.05) is 63.4 Å². The van der Waals surface area contributed by atoms with Gasteiger partial charge in [0.2, 0.25) is 0 Å². The molecule has 8 nitrogen and oxygen atoms in total. The van der Waals surface area contributed by atoms with Crippen LogP contribution in [0.15, 0.2) is 42.5 Å². The third-order valence-electron chi connectivity index (χ3n) is 6.43. The van der Waals surface area contributed by atoms with Crippen molar-refractivity contribution < 1.29 is 19.1 Å². The number of amides is 2. The predicted octanol–water partition coefficient (Wildman–Crippen LogP) is 1.74. The first-order valence-electron chi connectivity index (χ1n) is 12.4. The molecule has 0 aromatic heterocycles. The second-order valence-corrected chi connectivity index (χ2v) is 9.35. The Balaban J connectivity index is 1.50. The molecule has 2 aromatic carbocycles. The van der Waals surface area contributed by atoms with Gasteiger partial charge in [-0.15, -0.1) is 0 Å². The number of piperazine rings is 1. The fourth-order valence-corrected chi connectivity index (χ4v) is 4.38. The van der Waals surface area contributed by atoms with Crippen LogP contribution in [0.2, 0.25) is 0 Å². The summed E-state index contributed by atoms with van der Waals surface area (Å²) in [5.41, 5.74) is 3.20. The summed E-state index contributed by atoms with van der Waals surface area (Å²) in [4.78, 5) is 32.3. The van der Waals surface area contributed by atoms with Crippen LogP contribution in [0.5, 0.6) is 5.75 Å². The summed E-state index contributed by atoms with van der Waals surface area (Å²) in [6, 6.07) is 13.3. The number of carbonyl (C=O) groups excluding carboxylic acids is 2. The minimum Gasteiger partial charge on any atom is -0.491 e. The minimum atomic E-state index is -0.113. The molecule has 2 aliphatic heterocycles. The van der Waals surface area contributed by atoms with Gasteiger partial charge in [-0.2, -0.15) is 0 Å². The van der Waals surface area contributed by atoms with Crippen LogP contribution in [0, 0.1) is 0 Å². The highest BCUT2D eigenvalue weighted by molar-refractivity contribution is 5.95. The summed E-state index contributed by atoms with van der Waals surface area (Å²) < 4.78 is 11.6. The second-order valence-electron chi connectivity index (χ2n) is 9.35. The number of hydrogen-bond donors (Lipinski definition) is 1. The zero-order chi connectivity index (χ0) is 24.6. The number of nitrogens with zero attached hydrogens (tertiary/aromatic N) is 3. The molecule has 2 amide bonds. The number of rotatable bonds is 4. The van der Waals surface area contributed by atoms with Crippen LogP contribution in [-0.4, -0.2) is 106 Å². The number of carbonyl (C=O) groups is 2. The van der Waals surface area contributed by atoms with Gasteiger partial charge in [-0.1, -0.05) is 12.1 Å². The van der Waals surface area contributed by atoms with E-state index in [0.29, 0.717) is 43.9 Å². The molecule has 8 heteroatoms. The van der Waals surface area contributed by atoms with Gasteiger partial charge >= 0.3 is 0 Å². The lowest BCUT2D eigenvalue weighted by atomic mass is 9.99. The highest BCUT2D eigenvalue weighted by Gasteiger charge is 2.23. The summed E-state index contributed by atoms with van der Waals surface area (Å²) in [6.45, 7) is 7.00. The van der Waals surface area contributed by atoms with Crippen molar-refractivity contribution in [3.63, 3.8) is 0 Å². The Hall–Kier alpha value is -2.94. The quantitative estimate of drug-likeness (QED) is 0.719. The molecule has 0 spiro atoms. The van der Waals surface area contributed by atoms with E-state index in [4.69, 9.17) is 9.47 Å². The average molecular weight is 481 g/mol. The predicted molar refractivity (Wildman–Crippen MR) is 135 cm³/mol. The largest absolute Gasteiger partial charge is 0.491 e. The summed E-state index contributed by atoms with van der Waals surface area (Å²) in [5.74, 6) is 0.680. The third kappa shape index (κ3) is 7.04. The zero-order valence-electron chi connectivity index (χ0n) is 20.8. The van der Waals surface area contributed by atoms with Gasteiger partial charge in [0.05, 0.1) is 13.2 Å². The second kappa shape index (κ2) is 12.2. The van der Waals surface area contributed by atoms with Crippen molar-refractivity contribution in [3.8, 4) is 5.75 Å². The smallest absolute Gasteiger partial charge is 0.253 e. The SMILES string of the molecule is CN(C)CCN1CCN(C(=O)c2ccc3c(c2)Cc2cccc(c2)C(=O)NCCOCCO3)CC1. The van der Waals surface area contributed by atoms with Crippen molar-refractivity contribution in [1.82, 2.24) is 20.0 Å². The van der Waals surface area contributed by atoms with E-state index in [1.54, 1.807) is 6.07 Å². The van der Waals surface area contributed by atoms with Crippen molar-refractivity contribution in [1.29, 1.82) is 0 Å². The lowest BCUT2D eigenvalue weighted by molar-refractivity contribution is 0.0629. The van der Waals surface area contributed by atoms with Crippen molar-refractivity contribution in [2.24, 2.45) is 0 Å². The highest BCUT2D eigenvalue weighted by atomic mass is 16.5. The topological polar surface area (TPSA) is 74.4 Å². The molecule has 0 unspecified atom stereocenters. The van der Waals surface area contributed by atoms with Gasteiger partial charge in [0.1, 0.15) is 12.4 Å². The van der Waals surface area contributed by atoms with Crippen LogP contribution in [0.3, 0.4) is 0 Å². The lowest BCUT2D eigenvalue weighted by Crippen LogP contribution is -2.50. The van der Waals surface area contributed by atoms with E-state index in [2.05, 4.69) is 29.2 Å². The van der Waals surface area contributed by atoms with E-state index in [9.17, 15) is 9.59 Å². The molecule has 0 radical (unpaired) electrons. The number of benzene rings is 2. The Labute approximate surface area is 207 Å². The Kier molecular flexibility index (Phi) is 8.74. The van der Waals surface area contributed by atoms with Crippen molar-refractivity contribution >= 4 is 11.8 Å². The first kappa shape index (κ1) is 25.2. The maximum atomic E-state index is 13.3. The fourth-order valence-electron chi connectivity index (χ4n) is 4.38. The minimum absolute atomic E-state index is 0.0518. The highest BCUT2D eigenvalue weighted by Crippen LogP contribution is 2.25. The lowest BCUT2D eigenvalue weighted by Gasteiger charge is -2.35. The Morgan fingerprint density at radius 3 is 2.66 bits per heavy atom. The van der Waals surface area contributed by atoms with Crippen LogP contribution in [0.1, 0.15) is 31.8 Å². The molecular formula is C27H36N4O4. The first-order chi connectivity index (χ1) is 17.0. The summed E-state index contributed by atoms with van der Waals surface area (Å²) in [5, 5.41) is 2.88. The van der Waals surface area contributed by atoms with E-state index < -0.39 is 0 Å². The molecule has 1 saturated heterocycles. The summed E-state index contributed by atoms with van der Waals surface area (Å²) in [7, 11) is 4.16. The molecule has 1 fully saturated rings. The fraction of sp³-hybridized carbons (Fsp3) is 0.481. The molecular weight excluding hydrogens is 444 g/mol. The van der Waals surface area contributed by atoms with E-state index in [-0.39, 0.29) is 11.8 Å². The van der Waals surface area contributed by atoms with Crippen molar-refractivity contribution in [3.05, 3.63) is 64.7 Å². The number of nitrogens with one attached hydrogen (secondary N) is 1. The maximum Gasteiger partial charge on any atom is 0.253 e. The zero-order valence-corrected chi connectivity index (χ0v) is 20.8. The van der Waals surface area contributed by atoms with Gasteiger partial charge in [0.15, 0.2) is 0 Å². The molecule has 188 valence electrons. The van der Waals surface area contributed by atoms with Gasteiger partial charge in [-0.05, 0) is 55.6 Å². The molecule has 2 aromatic rings. The summed E-state index contributed by atoms with van der Waals surface area (Å²) >= 11 is 0. The van der Waals surface area contributed by atoms with E-state index in [1.807, 2.05) is 41.3 Å². The number of hydrogen-bond acceptors (Lipinski definition) is 6. The number of likely N-dealkylation sites (N-methyl/N-ethyl adjacent to an activating group) is 1. The Bertz CT molecular complexity index is 1020. The van der Waals surface area contributed by atoms with Crippen LogP contribution in [0.4, 0.5) is 0 Å². The van der Waals surface area contributed by atoms with E-state index >= 15 is 0 Å². The van der Waals surface area contributed by atoms with E-state index in [0.717, 1.165) is 56.1 Å². The van der Waals surface area contributed by atoms with Gasteiger partial charge in [-0.3, -0.25) is 14.5 Å². The van der Waals surface area contributed by atoms with Crippen LogP contribution >= 0.6 is 0 Å². The number of ether oxygens (including phenoxy) is 2. The summed E-state index contributed by atoms with van der Waals surface area (Å²) in [6.07, 6.45) is 0.566. The normalized spacial score (nSPS) is 17.8. The molecule has 4 rings (SSSR count). The Morgan fingerprint density at radius 2 is 1.86 bits per heavy atom. The van der Waals surface area contributed by atoms with Crippen LogP contribution in [0.25, 0.3) is 0 Å². The first-order valence-corrected chi connectivity index (χ1v) is 12.4. The maximum absolute atomic E-state index is 13.3. The Morgan fingerprint density at radius 1 is 1.03 bits per heavy atom.